The van der Waals surface area contributed by atoms with Gasteiger partial charge in [0.25, 0.3) is 0 Å². The van der Waals surface area contributed by atoms with Crippen molar-refractivity contribution in [1.82, 2.24) is 10.2 Å². The number of hydrogen-bond donors (Lipinski definition) is 1. The lowest BCUT2D eigenvalue weighted by molar-refractivity contribution is -0.124. The number of nitrogens with zero attached hydrogens (tertiary/aromatic N) is 1. The van der Waals surface area contributed by atoms with Gasteiger partial charge < -0.3 is 5.32 Å². The van der Waals surface area contributed by atoms with Crippen molar-refractivity contribution in [3.63, 3.8) is 0 Å². The molecule has 1 aliphatic heterocycles. The molecule has 1 aliphatic rings. The lowest BCUT2D eigenvalue weighted by atomic mass is 10.0. The highest BCUT2D eigenvalue weighted by molar-refractivity contribution is 5.78. The van der Waals surface area contributed by atoms with Crippen molar-refractivity contribution >= 4 is 11.7 Å². The Hall–Kier alpha value is -0.900. The van der Waals surface area contributed by atoms with E-state index in [4.69, 9.17) is 0 Å². The second-order valence-electron chi connectivity index (χ2n) is 5.23. The molecule has 1 fully saturated rings. The second kappa shape index (κ2) is 8.25. The molecule has 0 aliphatic carbocycles. The number of rotatable bonds is 6. The molecule has 1 atom stereocenters. The first kappa shape index (κ1) is 15.2. The minimum atomic E-state index is 0.0901. The van der Waals surface area contributed by atoms with Gasteiger partial charge in [-0.1, -0.05) is 19.8 Å². The molecule has 18 heavy (non-hydrogen) atoms. The molecule has 1 amide bonds. The second-order valence-corrected chi connectivity index (χ2v) is 5.23. The van der Waals surface area contributed by atoms with Crippen LogP contribution in [0.5, 0.6) is 0 Å². The third-order valence-corrected chi connectivity index (χ3v) is 3.44. The van der Waals surface area contributed by atoms with Gasteiger partial charge in [-0.15, -0.1) is 0 Å². The van der Waals surface area contributed by atoms with Crippen molar-refractivity contribution < 1.29 is 9.59 Å². The Morgan fingerprint density at radius 3 is 2.72 bits per heavy atom. The quantitative estimate of drug-likeness (QED) is 0.785. The molecule has 0 aromatic rings. The van der Waals surface area contributed by atoms with E-state index in [-0.39, 0.29) is 17.7 Å². The fraction of sp³-hybridized carbons (Fsp3) is 0.857. The summed E-state index contributed by atoms with van der Waals surface area (Å²) >= 11 is 0. The van der Waals surface area contributed by atoms with Gasteiger partial charge in [0.05, 0.1) is 6.54 Å². The zero-order chi connectivity index (χ0) is 13.4. The summed E-state index contributed by atoms with van der Waals surface area (Å²) in [6.07, 6.45) is 6.10. The van der Waals surface area contributed by atoms with Crippen molar-refractivity contribution in [2.75, 3.05) is 19.6 Å². The van der Waals surface area contributed by atoms with Gasteiger partial charge in [-0.25, -0.2) is 0 Å². The minimum Gasteiger partial charge on any atom is -0.355 e. The van der Waals surface area contributed by atoms with E-state index in [1.807, 2.05) is 6.92 Å². The van der Waals surface area contributed by atoms with Gasteiger partial charge >= 0.3 is 0 Å². The Morgan fingerprint density at radius 1 is 1.28 bits per heavy atom. The van der Waals surface area contributed by atoms with Crippen LogP contribution in [0, 0.1) is 0 Å². The Bertz CT molecular complexity index is 279. The Morgan fingerprint density at radius 2 is 2.06 bits per heavy atom. The maximum absolute atomic E-state index is 11.8. The number of hydrogen-bond acceptors (Lipinski definition) is 3. The molecule has 0 aromatic heterocycles. The van der Waals surface area contributed by atoms with Gasteiger partial charge in [-0.05, 0) is 32.7 Å². The maximum atomic E-state index is 11.8. The van der Waals surface area contributed by atoms with E-state index in [9.17, 15) is 9.59 Å². The highest BCUT2D eigenvalue weighted by Crippen LogP contribution is 2.19. The topological polar surface area (TPSA) is 49.4 Å². The summed E-state index contributed by atoms with van der Waals surface area (Å²) < 4.78 is 0. The summed E-state index contributed by atoms with van der Waals surface area (Å²) in [6, 6.07) is 0.261. The van der Waals surface area contributed by atoms with E-state index < -0.39 is 0 Å². The van der Waals surface area contributed by atoms with Crippen molar-refractivity contribution in [1.29, 1.82) is 0 Å². The van der Waals surface area contributed by atoms with Gasteiger partial charge in [-0.2, -0.15) is 0 Å². The lowest BCUT2D eigenvalue weighted by Crippen LogP contribution is -2.43. The first-order chi connectivity index (χ1) is 8.63. The molecule has 1 rings (SSSR count). The van der Waals surface area contributed by atoms with Crippen LogP contribution >= 0.6 is 0 Å². The summed E-state index contributed by atoms with van der Waals surface area (Å²) in [4.78, 5) is 25.3. The molecule has 4 heteroatoms. The Balaban J connectivity index is 2.50. The lowest BCUT2D eigenvalue weighted by Gasteiger charge is -2.28. The molecule has 0 bridgehead atoms. The molecule has 1 unspecified atom stereocenters. The van der Waals surface area contributed by atoms with Gasteiger partial charge in [0, 0.05) is 19.0 Å². The standard InChI is InChI=1S/C14H26N2O2/c1-3-8-15-14(18)11-16-9-6-4-5-7-13(16)10-12(2)17/h13H,3-11H2,1-2H3,(H,15,18). The monoisotopic (exact) mass is 254 g/mol. The van der Waals surface area contributed by atoms with Gasteiger partial charge in [-0.3, -0.25) is 14.5 Å². The molecule has 4 nitrogen and oxygen atoms in total. The predicted molar refractivity (Wildman–Crippen MR) is 72.4 cm³/mol. The normalized spacial score (nSPS) is 21.3. The smallest absolute Gasteiger partial charge is 0.234 e. The first-order valence-corrected chi connectivity index (χ1v) is 7.13. The third-order valence-electron chi connectivity index (χ3n) is 3.44. The van der Waals surface area contributed by atoms with E-state index in [1.165, 1.54) is 12.8 Å². The Kier molecular flexibility index (Phi) is 6.94. The molecular formula is C14H26N2O2. The van der Waals surface area contributed by atoms with Gasteiger partial charge in [0.1, 0.15) is 5.78 Å². The van der Waals surface area contributed by atoms with E-state index >= 15 is 0 Å². The van der Waals surface area contributed by atoms with Crippen LogP contribution < -0.4 is 5.32 Å². The molecule has 1 saturated heterocycles. The predicted octanol–water partition coefficient (Wildman–Crippen LogP) is 1.74. The Labute approximate surface area is 110 Å². The molecular weight excluding hydrogens is 228 g/mol. The zero-order valence-corrected chi connectivity index (χ0v) is 11.7. The van der Waals surface area contributed by atoms with E-state index in [2.05, 4.69) is 10.2 Å². The number of Topliss-reactive ketones (excluding diaryl/α,β-unsaturated/α-hetero) is 1. The molecule has 0 spiro atoms. The SMILES string of the molecule is CCCNC(=O)CN1CCCCCC1CC(C)=O. The van der Waals surface area contributed by atoms with Crippen LogP contribution in [-0.4, -0.2) is 42.3 Å². The van der Waals surface area contributed by atoms with Crippen LogP contribution in [0.2, 0.25) is 0 Å². The van der Waals surface area contributed by atoms with Crippen LogP contribution in [0.1, 0.15) is 52.4 Å². The molecule has 1 heterocycles. The highest BCUT2D eigenvalue weighted by Gasteiger charge is 2.23. The third kappa shape index (κ3) is 5.63. The molecule has 0 aromatic carbocycles. The average Bonchev–Trinajstić information content (AvgIpc) is 2.52. The first-order valence-electron chi connectivity index (χ1n) is 7.13. The van der Waals surface area contributed by atoms with E-state index in [0.29, 0.717) is 13.0 Å². The average molecular weight is 254 g/mol. The summed E-state index contributed by atoms with van der Waals surface area (Å²) in [5.41, 5.74) is 0. The van der Waals surface area contributed by atoms with Gasteiger partial charge in [0.2, 0.25) is 5.91 Å². The maximum Gasteiger partial charge on any atom is 0.234 e. The van der Waals surface area contributed by atoms with Crippen LogP contribution in [0.15, 0.2) is 0 Å². The number of carbonyl (C=O) groups excluding carboxylic acids is 2. The van der Waals surface area contributed by atoms with Crippen LogP contribution in [0.3, 0.4) is 0 Å². The summed E-state index contributed by atoms with van der Waals surface area (Å²) in [5, 5.41) is 2.91. The van der Waals surface area contributed by atoms with Crippen LogP contribution in [-0.2, 0) is 9.59 Å². The number of ketones is 1. The number of amides is 1. The summed E-state index contributed by atoms with van der Waals surface area (Å²) in [6.45, 7) is 5.81. The van der Waals surface area contributed by atoms with Crippen molar-refractivity contribution in [3.05, 3.63) is 0 Å². The number of carbonyl (C=O) groups is 2. The van der Waals surface area contributed by atoms with Crippen LogP contribution in [0.25, 0.3) is 0 Å². The van der Waals surface area contributed by atoms with Gasteiger partial charge in [0.15, 0.2) is 0 Å². The fourth-order valence-corrected chi connectivity index (χ4v) is 2.51. The largest absolute Gasteiger partial charge is 0.355 e. The van der Waals surface area contributed by atoms with E-state index in [0.717, 1.165) is 32.4 Å². The summed E-state index contributed by atoms with van der Waals surface area (Å²) in [7, 11) is 0. The fourth-order valence-electron chi connectivity index (χ4n) is 2.51. The summed E-state index contributed by atoms with van der Waals surface area (Å²) in [5.74, 6) is 0.313. The highest BCUT2D eigenvalue weighted by atomic mass is 16.2. The number of likely N-dealkylation sites (tertiary alicyclic amines) is 1. The number of nitrogens with one attached hydrogen (secondary N) is 1. The van der Waals surface area contributed by atoms with Crippen molar-refractivity contribution in [2.24, 2.45) is 0 Å². The molecule has 0 saturated carbocycles. The zero-order valence-electron chi connectivity index (χ0n) is 11.7. The minimum absolute atomic E-state index is 0.0901. The molecule has 104 valence electrons. The molecule has 1 N–H and O–H groups in total. The van der Waals surface area contributed by atoms with Crippen LogP contribution in [0.4, 0.5) is 0 Å². The van der Waals surface area contributed by atoms with Crippen molar-refractivity contribution in [3.8, 4) is 0 Å². The van der Waals surface area contributed by atoms with E-state index in [1.54, 1.807) is 6.92 Å². The van der Waals surface area contributed by atoms with Crippen molar-refractivity contribution in [2.45, 2.75) is 58.4 Å². The molecule has 0 radical (unpaired) electrons.